The quantitative estimate of drug-likeness (QED) is 0.747. The van der Waals surface area contributed by atoms with Crippen LogP contribution < -0.4 is 10.1 Å². The van der Waals surface area contributed by atoms with Gasteiger partial charge in [-0.1, -0.05) is 12.1 Å². The molecule has 0 aliphatic carbocycles. The molecule has 1 rings (SSSR count). The number of nitrogens with one attached hydrogen (secondary N) is 1. The number of ether oxygens (including phenoxy) is 1. The first kappa shape index (κ1) is 13.5. The summed E-state index contributed by atoms with van der Waals surface area (Å²) in [5.74, 6) is 0.827. The minimum atomic E-state index is -0.00689. The Morgan fingerprint density at radius 1 is 1.35 bits per heavy atom. The van der Waals surface area contributed by atoms with Crippen LogP contribution in [0, 0.1) is 0 Å². The maximum Gasteiger partial charge on any atom is 0.220 e. The molecule has 4 nitrogen and oxygen atoms in total. The van der Waals surface area contributed by atoms with Crippen LogP contribution in [0.25, 0.3) is 0 Å². The lowest BCUT2D eigenvalue weighted by Crippen LogP contribution is -2.25. The highest BCUT2D eigenvalue weighted by atomic mass is 16.5. The van der Waals surface area contributed by atoms with E-state index in [4.69, 9.17) is 9.84 Å². The molecule has 0 radical (unpaired) electrons. The number of carbonyl (C=O) groups excluding carboxylic acids is 1. The Hall–Kier alpha value is -1.55. The van der Waals surface area contributed by atoms with Crippen molar-refractivity contribution in [3.05, 3.63) is 29.8 Å². The summed E-state index contributed by atoms with van der Waals surface area (Å²) in [6, 6.07) is 7.78. The number of carbonyl (C=O) groups is 1. The molecule has 0 heterocycles. The van der Waals surface area contributed by atoms with E-state index in [-0.39, 0.29) is 12.5 Å². The molecule has 17 heavy (non-hydrogen) atoms. The first-order valence-electron chi connectivity index (χ1n) is 5.76. The Balaban J connectivity index is 2.23. The first-order chi connectivity index (χ1) is 8.26. The third-order valence-corrected chi connectivity index (χ3v) is 2.46. The van der Waals surface area contributed by atoms with Crippen LogP contribution >= 0.6 is 0 Å². The summed E-state index contributed by atoms with van der Waals surface area (Å²) in [4.78, 5) is 11.3. The molecule has 94 valence electrons. The fourth-order valence-electron chi connectivity index (χ4n) is 1.47. The number of aliphatic hydroxyl groups excluding tert-OH is 1. The number of rotatable bonds is 7. The molecule has 4 heteroatoms. The summed E-state index contributed by atoms with van der Waals surface area (Å²) >= 11 is 0. The van der Waals surface area contributed by atoms with E-state index in [1.54, 1.807) is 7.11 Å². The molecule has 2 N–H and O–H groups in total. The lowest BCUT2D eigenvalue weighted by molar-refractivity contribution is -0.121. The second-order valence-corrected chi connectivity index (χ2v) is 3.78. The summed E-state index contributed by atoms with van der Waals surface area (Å²) in [5, 5.41) is 11.4. The number of hydrogen-bond donors (Lipinski definition) is 2. The molecule has 0 aromatic heterocycles. The topological polar surface area (TPSA) is 58.6 Å². The molecule has 0 bridgehead atoms. The van der Waals surface area contributed by atoms with Crippen LogP contribution in [0.4, 0.5) is 0 Å². The van der Waals surface area contributed by atoms with Gasteiger partial charge in [0.1, 0.15) is 5.75 Å². The Labute approximate surface area is 102 Å². The molecule has 0 aliphatic heterocycles. The van der Waals surface area contributed by atoms with Crippen LogP contribution in [0.1, 0.15) is 18.4 Å². The maximum absolute atomic E-state index is 11.3. The van der Waals surface area contributed by atoms with Gasteiger partial charge in [0, 0.05) is 19.6 Å². The lowest BCUT2D eigenvalue weighted by atomic mass is 10.1. The van der Waals surface area contributed by atoms with E-state index in [1.165, 1.54) is 0 Å². The van der Waals surface area contributed by atoms with Crippen LogP contribution in [-0.4, -0.2) is 31.3 Å². The predicted octanol–water partition coefficient (Wildman–Crippen LogP) is 1.13. The van der Waals surface area contributed by atoms with E-state index in [9.17, 15) is 4.79 Å². The van der Waals surface area contributed by atoms with Crippen molar-refractivity contribution in [3.63, 3.8) is 0 Å². The second-order valence-electron chi connectivity index (χ2n) is 3.78. The van der Waals surface area contributed by atoms with Crippen molar-refractivity contribution >= 4 is 5.91 Å². The van der Waals surface area contributed by atoms with Crippen molar-refractivity contribution in [1.82, 2.24) is 5.32 Å². The van der Waals surface area contributed by atoms with Crippen molar-refractivity contribution in [1.29, 1.82) is 0 Å². The largest absolute Gasteiger partial charge is 0.497 e. The number of benzene rings is 1. The molecule has 1 aromatic rings. The highest BCUT2D eigenvalue weighted by Crippen LogP contribution is 2.11. The zero-order valence-corrected chi connectivity index (χ0v) is 10.1. The van der Waals surface area contributed by atoms with Gasteiger partial charge in [0.05, 0.1) is 7.11 Å². The average Bonchev–Trinajstić information content (AvgIpc) is 2.37. The standard InChI is InChI=1S/C13H19NO3/c1-17-12-6-4-11(5-7-12)8-9-14-13(16)3-2-10-15/h4-7,15H,2-3,8-10H2,1H3,(H,14,16). The van der Waals surface area contributed by atoms with Crippen LogP contribution in [0.2, 0.25) is 0 Å². The Morgan fingerprint density at radius 2 is 2.06 bits per heavy atom. The van der Waals surface area contributed by atoms with E-state index < -0.39 is 0 Å². The van der Waals surface area contributed by atoms with Gasteiger partial charge >= 0.3 is 0 Å². The molecule has 0 spiro atoms. The fourth-order valence-corrected chi connectivity index (χ4v) is 1.47. The summed E-state index contributed by atoms with van der Waals surface area (Å²) in [5.41, 5.74) is 1.16. The van der Waals surface area contributed by atoms with Crippen molar-refractivity contribution in [2.75, 3.05) is 20.3 Å². The Kier molecular flexibility index (Phi) is 6.10. The highest BCUT2D eigenvalue weighted by Gasteiger charge is 2.00. The van der Waals surface area contributed by atoms with Crippen LogP contribution in [0.5, 0.6) is 5.75 Å². The second kappa shape index (κ2) is 7.68. The molecule has 1 aromatic carbocycles. The number of hydrogen-bond acceptors (Lipinski definition) is 3. The van der Waals surface area contributed by atoms with Crippen molar-refractivity contribution in [3.8, 4) is 5.75 Å². The summed E-state index contributed by atoms with van der Waals surface area (Å²) in [6.07, 6.45) is 1.71. The fraction of sp³-hybridized carbons (Fsp3) is 0.462. The SMILES string of the molecule is COc1ccc(CCNC(=O)CCCO)cc1. The van der Waals surface area contributed by atoms with Gasteiger partial charge in [-0.2, -0.15) is 0 Å². The smallest absolute Gasteiger partial charge is 0.220 e. The van der Waals surface area contributed by atoms with Gasteiger partial charge in [0.2, 0.25) is 5.91 Å². The van der Waals surface area contributed by atoms with E-state index in [0.717, 1.165) is 17.7 Å². The van der Waals surface area contributed by atoms with Gasteiger partial charge < -0.3 is 15.2 Å². The molecule has 0 atom stereocenters. The normalized spacial score (nSPS) is 10.0. The summed E-state index contributed by atoms with van der Waals surface area (Å²) < 4.78 is 5.06. The molecule has 0 saturated carbocycles. The van der Waals surface area contributed by atoms with E-state index >= 15 is 0 Å². The molecular formula is C13H19NO3. The lowest BCUT2D eigenvalue weighted by Gasteiger charge is -2.05. The van der Waals surface area contributed by atoms with Gasteiger partial charge in [-0.3, -0.25) is 4.79 Å². The zero-order valence-electron chi connectivity index (χ0n) is 10.1. The summed E-state index contributed by atoms with van der Waals surface area (Å²) in [6.45, 7) is 0.683. The molecule has 0 fully saturated rings. The third kappa shape index (κ3) is 5.36. The molecule has 1 amide bonds. The average molecular weight is 237 g/mol. The minimum absolute atomic E-state index is 0.00689. The predicted molar refractivity (Wildman–Crippen MR) is 66.0 cm³/mol. The molecule has 0 saturated heterocycles. The van der Waals surface area contributed by atoms with Gasteiger partial charge in [-0.05, 0) is 30.5 Å². The number of aliphatic hydroxyl groups is 1. The maximum atomic E-state index is 11.3. The molecular weight excluding hydrogens is 218 g/mol. The first-order valence-corrected chi connectivity index (χ1v) is 5.76. The Morgan fingerprint density at radius 3 is 2.65 bits per heavy atom. The number of methoxy groups -OCH3 is 1. The van der Waals surface area contributed by atoms with Crippen molar-refractivity contribution in [2.45, 2.75) is 19.3 Å². The van der Waals surface area contributed by atoms with E-state index in [1.807, 2.05) is 24.3 Å². The Bertz CT molecular complexity index is 335. The minimum Gasteiger partial charge on any atom is -0.497 e. The van der Waals surface area contributed by atoms with Crippen molar-refractivity contribution < 1.29 is 14.6 Å². The van der Waals surface area contributed by atoms with Crippen LogP contribution in [0.3, 0.4) is 0 Å². The van der Waals surface area contributed by atoms with Gasteiger partial charge in [0.25, 0.3) is 0 Å². The molecule has 0 aliphatic rings. The highest BCUT2D eigenvalue weighted by molar-refractivity contribution is 5.75. The zero-order chi connectivity index (χ0) is 12.5. The van der Waals surface area contributed by atoms with Crippen molar-refractivity contribution in [2.24, 2.45) is 0 Å². The van der Waals surface area contributed by atoms with E-state index in [2.05, 4.69) is 5.32 Å². The number of amides is 1. The van der Waals surface area contributed by atoms with Crippen LogP contribution in [-0.2, 0) is 11.2 Å². The van der Waals surface area contributed by atoms with Gasteiger partial charge in [-0.15, -0.1) is 0 Å². The third-order valence-electron chi connectivity index (χ3n) is 2.46. The van der Waals surface area contributed by atoms with Gasteiger partial charge in [0.15, 0.2) is 0 Å². The van der Waals surface area contributed by atoms with Gasteiger partial charge in [-0.25, -0.2) is 0 Å². The van der Waals surface area contributed by atoms with E-state index in [0.29, 0.717) is 19.4 Å². The monoisotopic (exact) mass is 237 g/mol. The van der Waals surface area contributed by atoms with Crippen LogP contribution in [0.15, 0.2) is 24.3 Å². The summed E-state index contributed by atoms with van der Waals surface area (Å²) in [7, 11) is 1.64. The molecule has 0 unspecified atom stereocenters.